The molecule has 0 amide bonds. The summed E-state index contributed by atoms with van der Waals surface area (Å²) in [6.45, 7) is 8.72. The Morgan fingerprint density at radius 3 is 2.60 bits per heavy atom. The summed E-state index contributed by atoms with van der Waals surface area (Å²) in [6, 6.07) is 9.56. The minimum absolute atomic E-state index is 0. The van der Waals surface area contributed by atoms with Gasteiger partial charge in [-0.1, -0.05) is 6.07 Å². The quantitative estimate of drug-likeness (QED) is 0.312. The van der Waals surface area contributed by atoms with Gasteiger partial charge in [-0.15, -0.1) is 24.0 Å². The van der Waals surface area contributed by atoms with Crippen LogP contribution in [0.3, 0.4) is 0 Å². The summed E-state index contributed by atoms with van der Waals surface area (Å²) < 4.78 is 23.9. The minimum atomic E-state index is -0.298. The molecule has 2 N–H and O–H groups in total. The Morgan fingerprint density at radius 2 is 1.93 bits per heavy atom. The van der Waals surface area contributed by atoms with E-state index in [1.54, 1.807) is 24.4 Å². The molecule has 0 saturated carbocycles. The van der Waals surface area contributed by atoms with E-state index in [0.29, 0.717) is 18.2 Å². The van der Waals surface area contributed by atoms with Crippen LogP contribution in [0, 0.1) is 5.82 Å². The summed E-state index contributed by atoms with van der Waals surface area (Å²) >= 11 is 0. The molecule has 9 heteroatoms. The van der Waals surface area contributed by atoms with Gasteiger partial charge in [0.25, 0.3) is 0 Å². The molecule has 1 aromatic heterocycles. The number of ether oxygens (including phenoxy) is 2. The predicted molar refractivity (Wildman–Crippen MR) is 126 cm³/mol. The maximum Gasteiger partial charge on any atom is 0.219 e. The molecule has 3 rings (SSSR count). The Hall–Kier alpha value is -1.98. The van der Waals surface area contributed by atoms with Gasteiger partial charge >= 0.3 is 0 Å². The van der Waals surface area contributed by atoms with Crippen molar-refractivity contribution in [2.45, 2.75) is 13.5 Å². The first-order valence-corrected chi connectivity index (χ1v) is 9.93. The molecule has 2 aromatic rings. The van der Waals surface area contributed by atoms with Crippen LogP contribution in [-0.4, -0.2) is 61.8 Å². The van der Waals surface area contributed by atoms with E-state index >= 15 is 0 Å². The highest BCUT2D eigenvalue weighted by molar-refractivity contribution is 14.0. The van der Waals surface area contributed by atoms with Crippen molar-refractivity contribution in [1.82, 2.24) is 20.5 Å². The number of aromatic nitrogens is 1. The summed E-state index contributed by atoms with van der Waals surface area (Å²) in [7, 11) is 0. The summed E-state index contributed by atoms with van der Waals surface area (Å²) in [6.07, 6.45) is 1.74. The van der Waals surface area contributed by atoms with Crippen molar-refractivity contribution in [1.29, 1.82) is 0 Å². The number of nitrogens with zero attached hydrogens (tertiary/aromatic N) is 3. The SMILES string of the molecule is CCNC(=NCc1ccc(Oc2ccc(F)cc2)nc1)NCCN1CCOCC1.I. The second-order valence-electron chi connectivity index (χ2n) is 6.64. The zero-order valence-electron chi connectivity index (χ0n) is 17.1. The highest BCUT2D eigenvalue weighted by Gasteiger charge is 2.09. The molecule has 1 aliphatic heterocycles. The van der Waals surface area contributed by atoms with Crippen LogP contribution in [0.1, 0.15) is 12.5 Å². The fraction of sp³-hybridized carbons (Fsp3) is 0.429. The molecule has 0 bridgehead atoms. The van der Waals surface area contributed by atoms with E-state index in [2.05, 4.69) is 25.5 Å². The number of halogens is 2. The summed E-state index contributed by atoms with van der Waals surface area (Å²) in [5.74, 6) is 1.49. The van der Waals surface area contributed by atoms with Gasteiger partial charge in [0.15, 0.2) is 5.96 Å². The summed E-state index contributed by atoms with van der Waals surface area (Å²) in [5, 5.41) is 6.63. The van der Waals surface area contributed by atoms with E-state index in [-0.39, 0.29) is 29.8 Å². The molecule has 1 saturated heterocycles. The number of nitrogens with one attached hydrogen (secondary N) is 2. The van der Waals surface area contributed by atoms with E-state index in [9.17, 15) is 4.39 Å². The molecule has 0 spiro atoms. The van der Waals surface area contributed by atoms with Crippen LogP contribution in [0.5, 0.6) is 11.6 Å². The number of pyridine rings is 1. The number of benzene rings is 1. The Labute approximate surface area is 194 Å². The third-order valence-electron chi connectivity index (χ3n) is 4.42. The van der Waals surface area contributed by atoms with Crippen LogP contribution in [0.2, 0.25) is 0 Å². The van der Waals surface area contributed by atoms with Crippen LogP contribution in [0.25, 0.3) is 0 Å². The van der Waals surface area contributed by atoms with Gasteiger partial charge in [-0.05, 0) is 36.8 Å². The van der Waals surface area contributed by atoms with Crippen molar-refractivity contribution in [3.63, 3.8) is 0 Å². The number of hydrogen-bond donors (Lipinski definition) is 2. The van der Waals surface area contributed by atoms with Crippen molar-refractivity contribution in [3.05, 3.63) is 54.0 Å². The number of guanidine groups is 1. The Bertz CT molecular complexity index is 768. The van der Waals surface area contributed by atoms with Crippen LogP contribution in [0.15, 0.2) is 47.6 Å². The molecule has 7 nitrogen and oxygen atoms in total. The van der Waals surface area contributed by atoms with Gasteiger partial charge in [0.05, 0.1) is 19.8 Å². The summed E-state index contributed by atoms with van der Waals surface area (Å²) in [4.78, 5) is 11.3. The normalized spacial score (nSPS) is 14.7. The van der Waals surface area contributed by atoms with Gasteiger partial charge in [0.1, 0.15) is 11.6 Å². The van der Waals surface area contributed by atoms with E-state index in [0.717, 1.165) is 57.5 Å². The van der Waals surface area contributed by atoms with Crippen molar-refractivity contribution >= 4 is 29.9 Å². The van der Waals surface area contributed by atoms with Gasteiger partial charge in [-0.2, -0.15) is 0 Å². The van der Waals surface area contributed by atoms with E-state index in [4.69, 9.17) is 9.47 Å². The third kappa shape index (κ3) is 8.41. The second-order valence-corrected chi connectivity index (χ2v) is 6.64. The Balaban J connectivity index is 0.00000320. The Kier molecular flexibility index (Phi) is 10.8. The van der Waals surface area contributed by atoms with Crippen molar-refractivity contribution in [2.75, 3.05) is 45.9 Å². The number of morpholine rings is 1. The maximum absolute atomic E-state index is 13.0. The highest BCUT2D eigenvalue weighted by Crippen LogP contribution is 2.19. The second kappa shape index (κ2) is 13.3. The average Bonchev–Trinajstić information content (AvgIpc) is 2.75. The first kappa shape index (κ1) is 24.3. The molecule has 2 heterocycles. The van der Waals surface area contributed by atoms with Crippen LogP contribution in [0.4, 0.5) is 4.39 Å². The molecule has 0 unspecified atom stereocenters. The van der Waals surface area contributed by atoms with Gasteiger partial charge in [0.2, 0.25) is 5.88 Å². The molecule has 164 valence electrons. The van der Waals surface area contributed by atoms with Crippen LogP contribution >= 0.6 is 24.0 Å². The number of rotatable bonds is 8. The van der Waals surface area contributed by atoms with E-state index in [1.807, 2.05) is 13.0 Å². The molecule has 0 radical (unpaired) electrons. The van der Waals surface area contributed by atoms with Crippen molar-refractivity contribution < 1.29 is 13.9 Å². The van der Waals surface area contributed by atoms with Gasteiger partial charge in [0, 0.05) is 45.0 Å². The molecule has 1 aliphatic rings. The fourth-order valence-electron chi connectivity index (χ4n) is 2.86. The highest BCUT2D eigenvalue weighted by atomic mass is 127. The standard InChI is InChI=1S/C21H28FN5O2.HI/c1-2-23-21(24-9-10-27-11-13-28-14-12-27)26-16-17-3-8-20(25-15-17)29-19-6-4-18(22)5-7-19;/h3-8,15H,2,9-14,16H2,1H3,(H2,23,24,26);1H. The third-order valence-corrected chi connectivity index (χ3v) is 4.42. The molecule has 1 fully saturated rings. The van der Waals surface area contributed by atoms with E-state index < -0.39 is 0 Å². The van der Waals surface area contributed by atoms with Gasteiger partial charge in [-0.3, -0.25) is 4.90 Å². The summed E-state index contributed by atoms with van der Waals surface area (Å²) in [5.41, 5.74) is 0.974. The molecule has 0 atom stereocenters. The first-order chi connectivity index (χ1) is 14.2. The van der Waals surface area contributed by atoms with Crippen LogP contribution < -0.4 is 15.4 Å². The fourth-order valence-corrected chi connectivity index (χ4v) is 2.86. The van der Waals surface area contributed by atoms with E-state index in [1.165, 1.54) is 12.1 Å². The lowest BCUT2D eigenvalue weighted by Gasteiger charge is -2.26. The Morgan fingerprint density at radius 1 is 1.17 bits per heavy atom. The topological polar surface area (TPSA) is 71.0 Å². The lowest BCUT2D eigenvalue weighted by Crippen LogP contribution is -2.44. The lowest BCUT2D eigenvalue weighted by molar-refractivity contribution is 0.0389. The zero-order chi connectivity index (χ0) is 20.3. The lowest BCUT2D eigenvalue weighted by atomic mass is 10.3. The monoisotopic (exact) mass is 529 g/mol. The van der Waals surface area contributed by atoms with Crippen molar-refractivity contribution in [2.24, 2.45) is 4.99 Å². The minimum Gasteiger partial charge on any atom is -0.439 e. The zero-order valence-corrected chi connectivity index (χ0v) is 19.5. The predicted octanol–water partition coefficient (Wildman–Crippen LogP) is 3.02. The molecule has 30 heavy (non-hydrogen) atoms. The molecule has 1 aromatic carbocycles. The molecule has 0 aliphatic carbocycles. The van der Waals surface area contributed by atoms with Gasteiger partial charge < -0.3 is 20.1 Å². The number of aliphatic imine (C=N–C) groups is 1. The number of hydrogen-bond acceptors (Lipinski definition) is 5. The molecular formula is C21H29FIN5O2. The van der Waals surface area contributed by atoms with Crippen LogP contribution in [-0.2, 0) is 11.3 Å². The first-order valence-electron chi connectivity index (χ1n) is 9.93. The van der Waals surface area contributed by atoms with Gasteiger partial charge in [-0.25, -0.2) is 14.4 Å². The maximum atomic E-state index is 13.0. The average molecular weight is 529 g/mol. The smallest absolute Gasteiger partial charge is 0.219 e. The largest absolute Gasteiger partial charge is 0.439 e. The molecular weight excluding hydrogens is 500 g/mol. The van der Waals surface area contributed by atoms with Crippen molar-refractivity contribution in [3.8, 4) is 11.6 Å².